The number of amides is 1. The van der Waals surface area contributed by atoms with E-state index in [1.54, 1.807) is 6.08 Å². The Morgan fingerprint density at radius 2 is 1.89 bits per heavy atom. The fourth-order valence-corrected chi connectivity index (χ4v) is 1.42. The second-order valence-corrected chi connectivity index (χ2v) is 4.39. The van der Waals surface area contributed by atoms with Gasteiger partial charge in [0.05, 0.1) is 0 Å². The van der Waals surface area contributed by atoms with Gasteiger partial charge < -0.3 is 10.4 Å². The fraction of sp³-hybridized carbons (Fsp3) is 0.286. The van der Waals surface area contributed by atoms with Crippen LogP contribution in [0.4, 0.5) is 4.39 Å². The lowest BCUT2D eigenvalue weighted by Gasteiger charge is -2.13. The number of allylic oxidation sites excluding steroid dienone is 1. The molecule has 1 rings (SSSR count). The van der Waals surface area contributed by atoms with Gasteiger partial charge in [0.15, 0.2) is 0 Å². The molecule has 0 aliphatic carbocycles. The zero-order valence-electron chi connectivity index (χ0n) is 10.8. The molecule has 0 aliphatic rings. The van der Waals surface area contributed by atoms with Gasteiger partial charge in [0.2, 0.25) is 0 Å². The van der Waals surface area contributed by atoms with Crippen molar-refractivity contribution in [2.75, 3.05) is 0 Å². The Labute approximate surface area is 110 Å². The molecule has 0 saturated carbocycles. The third kappa shape index (κ3) is 4.91. The number of carboxylic acids is 1. The number of carboxylic acid groups (broad SMARTS) is 1. The molecule has 0 aromatic heterocycles. The molecule has 1 atom stereocenters. The number of rotatable bonds is 5. The minimum absolute atomic E-state index is 0.213. The summed E-state index contributed by atoms with van der Waals surface area (Å²) >= 11 is 0. The van der Waals surface area contributed by atoms with Crippen LogP contribution in [0.1, 0.15) is 30.6 Å². The number of nitrogens with one attached hydrogen (secondary N) is 1. The van der Waals surface area contributed by atoms with Gasteiger partial charge in [-0.15, -0.1) is 0 Å². The van der Waals surface area contributed by atoms with Gasteiger partial charge >= 0.3 is 5.97 Å². The van der Waals surface area contributed by atoms with Crippen LogP contribution in [0.15, 0.2) is 35.9 Å². The van der Waals surface area contributed by atoms with Crippen molar-refractivity contribution < 1.29 is 19.1 Å². The summed E-state index contributed by atoms with van der Waals surface area (Å²) in [5.74, 6) is -2.08. The molecule has 19 heavy (non-hydrogen) atoms. The summed E-state index contributed by atoms with van der Waals surface area (Å²) in [5, 5.41) is 11.4. The molecule has 4 nitrogen and oxygen atoms in total. The first-order chi connectivity index (χ1) is 8.90. The van der Waals surface area contributed by atoms with Gasteiger partial charge in [-0.1, -0.05) is 11.6 Å². The topological polar surface area (TPSA) is 66.4 Å². The van der Waals surface area contributed by atoms with Crippen molar-refractivity contribution in [1.29, 1.82) is 0 Å². The average molecular weight is 265 g/mol. The van der Waals surface area contributed by atoms with E-state index < -0.39 is 23.7 Å². The number of hydrogen-bond donors (Lipinski definition) is 2. The Bertz CT molecular complexity index is 490. The minimum Gasteiger partial charge on any atom is -0.480 e. The van der Waals surface area contributed by atoms with Crippen LogP contribution in [0, 0.1) is 5.82 Å². The van der Waals surface area contributed by atoms with E-state index in [9.17, 15) is 14.0 Å². The molecule has 2 N–H and O–H groups in total. The highest BCUT2D eigenvalue weighted by Gasteiger charge is 2.19. The van der Waals surface area contributed by atoms with E-state index in [1.165, 1.54) is 12.1 Å². The summed E-state index contributed by atoms with van der Waals surface area (Å²) in [6, 6.07) is 3.93. The zero-order chi connectivity index (χ0) is 14.4. The zero-order valence-corrected chi connectivity index (χ0v) is 10.8. The number of benzene rings is 1. The van der Waals surface area contributed by atoms with E-state index in [2.05, 4.69) is 5.32 Å². The molecule has 0 radical (unpaired) electrons. The minimum atomic E-state index is -1.10. The Kier molecular flexibility index (Phi) is 5.23. The summed E-state index contributed by atoms with van der Waals surface area (Å²) in [6.07, 6.45) is 1.95. The summed E-state index contributed by atoms with van der Waals surface area (Å²) in [7, 11) is 0. The molecule has 1 aromatic carbocycles. The third-order valence-corrected chi connectivity index (χ3v) is 2.47. The average Bonchev–Trinajstić information content (AvgIpc) is 2.34. The first-order valence-corrected chi connectivity index (χ1v) is 5.82. The Balaban J connectivity index is 2.74. The van der Waals surface area contributed by atoms with Gasteiger partial charge in [0.25, 0.3) is 5.91 Å². The first-order valence-electron chi connectivity index (χ1n) is 5.82. The lowest BCUT2D eigenvalue weighted by molar-refractivity contribution is -0.139. The molecule has 0 spiro atoms. The first kappa shape index (κ1) is 14.9. The van der Waals surface area contributed by atoms with Crippen LogP contribution in [0.5, 0.6) is 0 Å². The molecule has 1 amide bonds. The van der Waals surface area contributed by atoms with E-state index in [0.29, 0.717) is 0 Å². The van der Waals surface area contributed by atoms with Gasteiger partial charge in [-0.2, -0.15) is 0 Å². The lowest BCUT2D eigenvalue weighted by atomic mass is 10.1. The van der Waals surface area contributed by atoms with Crippen LogP contribution in [-0.2, 0) is 4.79 Å². The number of hydrogen-bond acceptors (Lipinski definition) is 2. The van der Waals surface area contributed by atoms with Crippen molar-refractivity contribution in [3.8, 4) is 0 Å². The van der Waals surface area contributed by atoms with Crippen molar-refractivity contribution in [1.82, 2.24) is 5.32 Å². The number of aliphatic carboxylic acids is 1. The number of carbonyl (C=O) groups excluding carboxylic acids is 1. The predicted molar refractivity (Wildman–Crippen MR) is 69.3 cm³/mol. The van der Waals surface area contributed by atoms with Gasteiger partial charge in [0.1, 0.15) is 11.9 Å². The van der Waals surface area contributed by atoms with E-state index in [1.807, 2.05) is 13.8 Å². The number of halogens is 1. The van der Waals surface area contributed by atoms with Crippen LogP contribution in [0.3, 0.4) is 0 Å². The van der Waals surface area contributed by atoms with Crippen LogP contribution in [-0.4, -0.2) is 23.0 Å². The highest BCUT2D eigenvalue weighted by atomic mass is 19.1. The molecule has 0 unspecified atom stereocenters. The van der Waals surface area contributed by atoms with Crippen LogP contribution < -0.4 is 5.32 Å². The molecule has 5 heteroatoms. The Morgan fingerprint density at radius 1 is 1.32 bits per heavy atom. The molecule has 102 valence electrons. The third-order valence-electron chi connectivity index (χ3n) is 2.47. The quantitative estimate of drug-likeness (QED) is 0.803. The molecule has 0 bridgehead atoms. The SMILES string of the molecule is CC(C)=CC[C@H](NC(=O)c1ccc(F)cc1)C(=O)O. The van der Waals surface area contributed by atoms with Crippen LogP contribution >= 0.6 is 0 Å². The van der Waals surface area contributed by atoms with E-state index in [4.69, 9.17) is 5.11 Å². The van der Waals surface area contributed by atoms with Gasteiger partial charge in [-0.05, 0) is 44.5 Å². The summed E-state index contributed by atoms with van der Waals surface area (Å²) in [5.41, 5.74) is 1.20. The summed E-state index contributed by atoms with van der Waals surface area (Å²) < 4.78 is 12.7. The van der Waals surface area contributed by atoms with Crippen LogP contribution in [0.2, 0.25) is 0 Å². The second-order valence-electron chi connectivity index (χ2n) is 4.39. The van der Waals surface area contributed by atoms with Crippen molar-refractivity contribution in [3.05, 3.63) is 47.3 Å². The van der Waals surface area contributed by atoms with Gasteiger partial charge in [-0.3, -0.25) is 4.79 Å². The maximum absolute atomic E-state index is 12.7. The maximum atomic E-state index is 12.7. The molecular weight excluding hydrogens is 249 g/mol. The van der Waals surface area contributed by atoms with Crippen molar-refractivity contribution in [2.45, 2.75) is 26.3 Å². The molecule has 0 heterocycles. The van der Waals surface area contributed by atoms with Crippen LogP contribution in [0.25, 0.3) is 0 Å². The van der Waals surface area contributed by atoms with Crippen molar-refractivity contribution in [2.24, 2.45) is 0 Å². The smallest absolute Gasteiger partial charge is 0.326 e. The second kappa shape index (κ2) is 6.68. The molecule has 0 aliphatic heterocycles. The summed E-state index contributed by atoms with van der Waals surface area (Å²) in [4.78, 5) is 22.8. The standard InChI is InChI=1S/C14H16FNO3/c1-9(2)3-8-12(14(18)19)16-13(17)10-4-6-11(15)7-5-10/h3-7,12H,8H2,1-2H3,(H,16,17)(H,18,19)/t12-/m0/s1. The highest BCUT2D eigenvalue weighted by Crippen LogP contribution is 2.05. The van der Waals surface area contributed by atoms with Gasteiger partial charge in [-0.25, -0.2) is 9.18 Å². The fourth-order valence-electron chi connectivity index (χ4n) is 1.42. The summed E-state index contributed by atoms with van der Waals surface area (Å²) in [6.45, 7) is 3.70. The lowest BCUT2D eigenvalue weighted by Crippen LogP contribution is -2.40. The van der Waals surface area contributed by atoms with E-state index >= 15 is 0 Å². The van der Waals surface area contributed by atoms with E-state index in [-0.39, 0.29) is 12.0 Å². The maximum Gasteiger partial charge on any atom is 0.326 e. The largest absolute Gasteiger partial charge is 0.480 e. The van der Waals surface area contributed by atoms with Crippen molar-refractivity contribution >= 4 is 11.9 Å². The molecule has 1 aromatic rings. The predicted octanol–water partition coefficient (Wildman–Crippen LogP) is 2.37. The monoisotopic (exact) mass is 265 g/mol. The number of carbonyl (C=O) groups is 2. The highest BCUT2D eigenvalue weighted by molar-refractivity contribution is 5.96. The molecule has 0 saturated heterocycles. The Morgan fingerprint density at radius 3 is 2.37 bits per heavy atom. The van der Waals surface area contributed by atoms with Gasteiger partial charge in [0, 0.05) is 5.56 Å². The van der Waals surface area contributed by atoms with E-state index in [0.717, 1.165) is 17.7 Å². The Hall–Kier alpha value is -2.17. The normalized spacial score (nSPS) is 11.5. The molecular formula is C14H16FNO3. The molecule has 0 fully saturated rings. The van der Waals surface area contributed by atoms with Crippen molar-refractivity contribution in [3.63, 3.8) is 0 Å².